The monoisotopic (exact) mass is 368 g/mol. The van der Waals surface area contributed by atoms with Gasteiger partial charge in [-0.05, 0) is 70.7 Å². The van der Waals surface area contributed by atoms with E-state index in [1.54, 1.807) is 38.1 Å². The highest BCUT2D eigenvalue weighted by molar-refractivity contribution is 7.90. The van der Waals surface area contributed by atoms with Gasteiger partial charge in [-0.3, -0.25) is 4.79 Å². The van der Waals surface area contributed by atoms with E-state index in [0.717, 1.165) is 38.0 Å². The molecule has 1 aliphatic rings. The molecule has 1 atom stereocenters. The number of ether oxygens (including phenoxy) is 1. The Bertz CT molecular complexity index is 671. The lowest BCUT2D eigenvalue weighted by Crippen LogP contribution is -2.47. The largest absolute Gasteiger partial charge is 0.494 e. The molecule has 0 aliphatic carbocycles. The molecule has 0 saturated carbocycles. The average Bonchev–Trinajstić information content (AvgIpc) is 2.98. The number of carbonyl (C=O) groups is 1. The van der Waals surface area contributed by atoms with Gasteiger partial charge in [0.25, 0.3) is 0 Å². The second-order valence-electron chi connectivity index (χ2n) is 6.75. The number of hydrogen-bond donors (Lipinski definition) is 1. The van der Waals surface area contributed by atoms with Crippen molar-refractivity contribution in [2.24, 2.45) is 0 Å². The molecule has 7 heteroatoms. The van der Waals surface area contributed by atoms with Crippen molar-refractivity contribution in [2.45, 2.75) is 57.7 Å². The van der Waals surface area contributed by atoms with Crippen molar-refractivity contribution < 1.29 is 17.9 Å². The molecule has 1 aromatic rings. The van der Waals surface area contributed by atoms with Gasteiger partial charge < -0.3 is 4.74 Å². The summed E-state index contributed by atoms with van der Waals surface area (Å²) >= 11 is 0. The van der Waals surface area contributed by atoms with Crippen molar-refractivity contribution in [1.82, 2.24) is 9.84 Å². The minimum absolute atomic E-state index is 0.0386. The van der Waals surface area contributed by atoms with Crippen molar-refractivity contribution in [2.75, 3.05) is 13.2 Å². The van der Waals surface area contributed by atoms with Crippen LogP contribution in [0.15, 0.2) is 24.3 Å². The molecule has 0 bridgehead atoms. The van der Waals surface area contributed by atoms with Gasteiger partial charge in [0, 0.05) is 18.2 Å². The number of rotatable bonds is 9. The molecule has 1 fully saturated rings. The lowest BCUT2D eigenvalue weighted by Gasteiger charge is -2.25. The van der Waals surface area contributed by atoms with Crippen LogP contribution in [0.4, 0.5) is 0 Å². The summed E-state index contributed by atoms with van der Waals surface area (Å²) in [6.07, 6.45) is 3.72. The van der Waals surface area contributed by atoms with Crippen molar-refractivity contribution in [3.63, 3.8) is 0 Å². The van der Waals surface area contributed by atoms with Gasteiger partial charge in [0.15, 0.2) is 5.78 Å². The molecule has 1 heterocycles. The molecule has 1 aliphatic heterocycles. The summed E-state index contributed by atoms with van der Waals surface area (Å²) in [6.45, 7) is 6.22. The molecular formula is C18H28N2O4S. The summed E-state index contributed by atoms with van der Waals surface area (Å²) in [4.78, 5) is 14.0. The SMILES string of the molecule is CC(=O)c1ccc(OCCC[C@H]2CCCN2NS(=O)(=O)C(C)C)cc1. The molecule has 0 unspecified atom stereocenters. The van der Waals surface area contributed by atoms with Crippen LogP contribution >= 0.6 is 0 Å². The lowest BCUT2D eigenvalue weighted by molar-refractivity contribution is 0.101. The Labute approximate surface area is 150 Å². The van der Waals surface area contributed by atoms with E-state index in [4.69, 9.17) is 4.74 Å². The van der Waals surface area contributed by atoms with E-state index in [0.29, 0.717) is 12.2 Å². The predicted octanol–water partition coefficient (Wildman–Crippen LogP) is 2.76. The molecule has 0 radical (unpaired) electrons. The van der Waals surface area contributed by atoms with E-state index in [1.165, 1.54) is 6.92 Å². The van der Waals surface area contributed by atoms with Gasteiger partial charge in [-0.2, -0.15) is 0 Å². The third-order valence-electron chi connectivity index (χ3n) is 4.45. The minimum Gasteiger partial charge on any atom is -0.494 e. The molecule has 1 saturated heterocycles. The molecule has 1 aromatic carbocycles. The molecule has 25 heavy (non-hydrogen) atoms. The van der Waals surface area contributed by atoms with Crippen LogP contribution in [0.25, 0.3) is 0 Å². The maximum absolute atomic E-state index is 12.0. The first-order valence-corrected chi connectivity index (χ1v) is 10.4. The third kappa shape index (κ3) is 5.80. The van der Waals surface area contributed by atoms with Crippen LogP contribution in [0.5, 0.6) is 5.75 Å². The molecule has 0 amide bonds. The number of benzene rings is 1. The van der Waals surface area contributed by atoms with Gasteiger partial charge in [-0.1, -0.05) is 0 Å². The number of hydrogen-bond acceptors (Lipinski definition) is 5. The zero-order valence-electron chi connectivity index (χ0n) is 15.2. The van der Waals surface area contributed by atoms with E-state index in [-0.39, 0.29) is 11.8 Å². The maximum atomic E-state index is 12.0. The van der Waals surface area contributed by atoms with Gasteiger partial charge >= 0.3 is 0 Å². The van der Waals surface area contributed by atoms with Gasteiger partial charge in [0.05, 0.1) is 11.9 Å². The Morgan fingerprint density at radius 2 is 2.00 bits per heavy atom. The van der Waals surface area contributed by atoms with Crippen LogP contribution in [0, 0.1) is 0 Å². The highest BCUT2D eigenvalue weighted by Crippen LogP contribution is 2.21. The number of ketones is 1. The fourth-order valence-electron chi connectivity index (χ4n) is 2.82. The molecule has 2 rings (SSSR count). The van der Waals surface area contributed by atoms with E-state index in [9.17, 15) is 13.2 Å². The molecule has 0 spiro atoms. The van der Waals surface area contributed by atoms with E-state index in [1.807, 2.05) is 5.01 Å². The lowest BCUT2D eigenvalue weighted by atomic mass is 10.1. The Balaban J connectivity index is 1.76. The minimum atomic E-state index is -3.28. The fraction of sp³-hybridized carbons (Fsp3) is 0.611. The van der Waals surface area contributed by atoms with Crippen LogP contribution < -0.4 is 9.57 Å². The number of carbonyl (C=O) groups excluding carboxylic acids is 1. The van der Waals surface area contributed by atoms with Crippen LogP contribution in [0.1, 0.15) is 56.8 Å². The number of sulfonamides is 1. The standard InChI is InChI=1S/C18H28N2O4S/c1-14(2)25(22,23)19-20-12-4-6-17(20)7-5-13-24-18-10-8-16(9-11-18)15(3)21/h8-11,14,17,19H,4-7,12-13H2,1-3H3/t17-/m1/s1. The van der Waals surface area contributed by atoms with E-state index < -0.39 is 15.3 Å². The molecular weight excluding hydrogens is 340 g/mol. The van der Waals surface area contributed by atoms with Crippen molar-refractivity contribution in [3.05, 3.63) is 29.8 Å². The van der Waals surface area contributed by atoms with Crippen LogP contribution in [0.2, 0.25) is 0 Å². The fourth-order valence-corrected chi connectivity index (χ4v) is 3.60. The first kappa shape index (κ1) is 19.9. The number of nitrogens with one attached hydrogen (secondary N) is 1. The molecule has 1 N–H and O–H groups in total. The van der Waals surface area contributed by atoms with Gasteiger partial charge in [-0.15, -0.1) is 4.83 Å². The Morgan fingerprint density at radius 3 is 2.60 bits per heavy atom. The highest BCUT2D eigenvalue weighted by atomic mass is 32.2. The van der Waals surface area contributed by atoms with Crippen molar-refractivity contribution in [1.29, 1.82) is 0 Å². The summed E-state index contributed by atoms with van der Waals surface area (Å²) in [7, 11) is -3.28. The molecule has 0 aromatic heterocycles. The predicted molar refractivity (Wildman–Crippen MR) is 98.1 cm³/mol. The molecule has 140 valence electrons. The van der Waals surface area contributed by atoms with Crippen molar-refractivity contribution in [3.8, 4) is 5.75 Å². The van der Waals surface area contributed by atoms with Crippen LogP contribution in [-0.2, 0) is 10.0 Å². The maximum Gasteiger partial charge on any atom is 0.226 e. The summed E-state index contributed by atoms with van der Waals surface area (Å²) in [5.41, 5.74) is 0.673. The zero-order chi connectivity index (χ0) is 18.4. The first-order chi connectivity index (χ1) is 11.8. The second-order valence-corrected chi connectivity index (χ2v) is 8.96. The topological polar surface area (TPSA) is 75.7 Å². The number of hydrazine groups is 1. The third-order valence-corrected chi connectivity index (χ3v) is 6.18. The Morgan fingerprint density at radius 1 is 1.32 bits per heavy atom. The summed E-state index contributed by atoms with van der Waals surface area (Å²) in [5.74, 6) is 0.783. The summed E-state index contributed by atoms with van der Waals surface area (Å²) in [6, 6.07) is 7.34. The zero-order valence-corrected chi connectivity index (χ0v) is 16.0. The van der Waals surface area contributed by atoms with Crippen LogP contribution in [-0.4, -0.2) is 43.7 Å². The van der Waals surface area contributed by atoms with Gasteiger partial charge in [-0.25, -0.2) is 13.4 Å². The summed E-state index contributed by atoms with van der Waals surface area (Å²) in [5, 5.41) is 1.42. The second kappa shape index (κ2) is 8.78. The van der Waals surface area contributed by atoms with Gasteiger partial charge in [0.2, 0.25) is 10.0 Å². The average molecular weight is 368 g/mol. The van der Waals surface area contributed by atoms with E-state index in [2.05, 4.69) is 4.83 Å². The van der Waals surface area contributed by atoms with Crippen molar-refractivity contribution >= 4 is 15.8 Å². The quantitative estimate of drug-likeness (QED) is 0.536. The highest BCUT2D eigenvalue weighted by Gasteiger charge is 2.28. The van der Waals surface area contributed by atoms with Gasteiger partial charge in [0.1, 0.15) is 5.75 Å². The smallest absolute Gasteiger partial charge is 0.226 e. The Kier molecular flexibility index (Phi) is 6.98. The normalized spacial score (nSPS) is 18.6. The van der Waals surface area contributed by atoms with E-state index >= 15 is 0 Å². The van der Waals surface area contributed by atoms with Crippen LogP contribution in [0.3, 0.4) is 0 Å². The summed E-state index contributed by atoms with van der Waals surface area (Å²) < 4.78 is 29.7. The number of nitrogens with zero attached hydrogens (tertiary/aromatic N) is 1. The number of Topliss-reactive ketones (excluding diaryl/α,β-unsaturated/α-hetero) is 1. The molecule has 6 nitrogen and oxygen atoms in total. The Hall–Kier alpha value is -1.44. The first-order valence-electron chi connectivity index (χ1n) is 8.81.